The average Bonchev–Trinajstić information content (AvgIpc) is 2.06. The van der Waals surface area contributed by atoms with Crippen molar-refractivity contribution in [3.05, 3.63) is 29.8 Å². The van der Waals surface area contributed by atoms with Gasteiger partial charge in [0.25, 0.3) is 0 Å². The van der Waals surface area contributed by atoms with Crippen LogP contribution in [0.5, 0.6) is 5.75 Å². The normalized spacial score (nSPS) is 9.42. The molecule has 0 bridgehead atoms. The Morgan fingerprint density at radius 1 is 1.42 bits per heavy atom. The van der Waals surface area contributed by atoms with Gasteiger partial charge in [-0.25, -0.2) is 4.79 Å². The third kappa shape index (κ3) is 2.37. The Balaban J connectivity index is 2.78. The van der Waals surface area contributed by atoms with Crippen LogP contribution in [-0.4, -0.2) is 15.7 Å². The largest absolute Gasteiger partial charge is 0.483 e. The molecule has 0 amide bonds. The maximum Gasteiger partial charge on any atom is 0.335 e. The first kappa shape index (κ1) is 9.31. The van der Waals surface area contributed by atoms with Gasteiger partial charge in [-0.05, 0) is 46.9 Å². The highest BCUT2D eigenvalue weighted by molar-refractivity contribution is 14.1. The van der Waals surface area contributed by atoms with E-state index < -0.39 is 5.97 Å². The number of carbonyl (C=O) groups is 1. The van der Waals surface area contributed by atoms with E-state index in [4.69, 9.17) is 9.84 Å². The van der Waals surface area contributed by atoms with Gasteiger partial charge in [0.2, 0.25) is 0 Å². The molecule has 0 spiro atoms. The fraction of sp³-hybridized carbons (Fsp3) is 0.125. The van der Waals surface area contributed by atoms with Gasteiger partial charge < -0.3 is 9.84 Å². The first-order valence-corrected chi connectivity index (χ1v) is 4.78. The molecule has 0 heterocycles. The van der Waals surface area contributed by atoms with Crippen molar-refractivity contribution < 1.29 is 14.6 Å². The number of rotatable bonds is 3. The molecule has 0 aliphatic heterocycles. The predicted octanol–water partition coefficient (Wildman–Crippen LogP) is 2.16. The zero-order valence-electron chi connectivity index (χ0n) is 6.16. The summed E-state index contributed by atoms with van der Waals surface area (Å²) in [7, 11) is 0. The van der Waals surface area contributed by atoms with Crippen molar-refractivity contribution in [2.45, 2.75) is 0 Å². The lowest BCUT2D eigenvalue weighted by atomic mass is 10.2. The summed E-state index contributed by atoms with van der Waals surface area (Å²) in [6.45, 7) is 0. The molecule has 0 saturated carbocycles. The average molecular weight is 278 g/mol. The molecule has 1 aromatic rings. The summed E-state index contributed by atoms with van der Waals surface area (Å²) < 4.78 is 5.69. The van der Waals surface area contributed by atoms with Crippen molar-refractivity contribution in [3.8, 4) is 5.75 Å². The summed E-state index contributed by atoms with van der Waals surface area (Å²) in [5.74, 6) is -0.231. The van der Waals surface area contributed by atoms with Crippen LogP contribution in [0.4, 0.5) is 0 Å². The van der Waals surface area contributed by atoms with Gasteiger partial charge in [0.1, 0.15) is 10.4 Å². The Kier molecular flexibility index (Phi) is 3.33. The summed E-state index contributed by atoms with van der Waals surface area (Å²) in [6, 6.07) is 6.32. The van der Waals surface area contributed by atoms with E-state index in [2.05, 4.69) is 22.6 Å². The molecule has 0 radical (unpaired) electrons. The minimum atomic E-state index is -0.920. The highest BCUT2D eigenvalue weighted by atomic mass is 127. The van der Waals surface area contributed by atoms with Crippen molar-refractivity contribution in [1.29, 1.82) is 0 Å². The molecule has 0 atom stereocenters. The second-order valence-corrected chi connectivity index (χ2v) is 2.71. The first-order chi connectivity index (χ1) is 5.74. The number of carboxylic acid groups (broad SMARTS) is 1. The SMILES string of the molecule is O=C(O)c1ccc(OCI)cc1. The van der Waals surface area contributed by atoms with E-state index in [0.29, 0.717) is 10.4 Å². The molecule has 0 saturated heterocycles. The van der Waals surface area contributed by atoms with Crippen molar-refractivity contribution >= 4 is 28.6 Å². The molecular weight excluding hydrogens is 271 g/mol. The Labute approximate surface area is 83.5 Å². The third-order valence-corrected chi connectivity index (χ3v) is 1.63. The van der Waals surface area contributed by atoms with Crippen LogP contribution in [0, 0.1) is 0 Å². The van der Waals surface area contributed by atoms with Gasteiger partial charge in [-0.15, -0.1) is 0 Å². The molecule has 0 unspecified atom stereocenters. The molecule has 0 aliphatic carbocycles. The number of aromatic carboxylic acids is 1. The lowest BCUT2D eigenvalue weighted by Crippen LogP contribution is -1.95. The first-order valence-electron chi connectivity index (χ1n) is 3.26. The zero-order valence-corrected chi connectivity index (χ0v) is 8.32. The van der Waals surface area contributed by atoms with Crippen LogP contribution in [0.15, 0.2) is 24.3 Å². The second-order valence-electron chi connectivity index (χ2n) is 2.08. The van der Waals surface area contributed by atoms with Gasteiger partial charge in [-0.2, -0.15) is 0 Å². The van der Waals surface area contributed by atoms with Crippen LogP contribution in [0.1, 0.15) is 10.4 Å². The van der Waals surface area contributed by atoms with Crippen LogP contribution in [-0.2, 0) is 0 Å². The van der Waals surface area contributed by atoms with Crippen molar-refractivity contribution in [2.24, 2.45) is 0 Å². The monoisotopic (exact) mass is 278 g/mol. The van der Waals surface area contributed by atoms with Gasteiger partial charge in [0.05, 0.1) is 5.56 Å². The number of hydrogen-bond acceptors (Lipinski definition) is 2. The summed E-state index contributed by atoms with van der Waals surface area (Å²) in [4.78, 5) is 10.4. The number of alkyl halides is 1. The molecule has 1 aromatic carbocycles. The molecule has 0 aliphatic rings. The summed E-state index contributed by atoms with van der Waals surface area (Å²) in [6.07, 6.45) is 0. The molecule has 4 heteroatoms. The van der Waals surface area contributed by atoms with E-state index in [1.807, 2.05) is 0 Å². The fourth-order valence-electron chi connectivity index (χ4n) is 0.757. The molecule has 3 nitrogen and oxygen atoms in total. The van der Waals surface area contributed by atoms with E-state index >= 15 is 0 Å². The summed E-state index contributed by atoms with van der Waals surface area (Å²) >= 11 is 2.07. The predicted molar refractivity (Wildman–Crippen MR) is 52.9 cm³/mol. The molecular formula is C8H7IO3. The lowest BCUT2D eigenvalue weighted by Gasteiger charge is -2.00. The number of carboxylic acids is 1. The van der Waals surface area contributed by atoms with Gasteiger partial charge in [0, 0.05) is 0 Å². The van der Waals surface area contributed by atoms with Crippen molar-refractivity contribution in [3.63, 3.8) is 0 Å². The Morgan fingerprint density at radius 2 is 2.00 bits per heavy atom. The van der Waals surface area contributed by atoms with Crippen LogP contribution >= 0.6 is 22.6 Å². The molecule has 64 valence electrons. The van der Waals surface area contributed by atoms with Crippen LogP contribution in [0.3, 0.4) is 0 Å². The molecule has 1 N–H and O–H groups in total. The molecule has 0 aromatic heterocycles. The van der Waals surface area contributed by atoms with Crippen LogP contribution < -0.4 is 4.74 Å². The quantitative estimate of drug-likeness (QED) is 0.680. The van der Waals surface area contributed by atoms with Crippen molar-refractivity contribution in [1.82, 2.24) is 0 Å². The number of hydrogen-bond donors (Lipinski definition) is 1. The maximum absolute atomic E-state index is 10.4. The van der Waals surface area contributed by atoms with Gasteiger partial charge in [-0.3, -0.25) is 0 Å². The van der Waals surface area contributed by atoms with E-state index in [1.54, 1.807) is 12.1 Å². The second kappa shape index (κ2) is 4.30. The van der Waals surface area contributed by atoms with E-state index in [0.717, 1.165) is 0 Å². The van der Waals surface area contributed by atoms with Gasteiger partial charge in [0.15, 0.2) is 0 Å². The Morgan fingerprint density at radius 3 is 2.42 bits per heavy atom. The highest BCUT2D eigenvalue weighted by Gasteiger charge is 2.00. The number of ether oxygens (including phenoxy) is 1. The fourth-order valence-corrected chi connectivity index (χ4v) is 1.12. The minimum absolute atomic E-state index is 0.274. The highest BCUT2D eigenvalue weighted by Crippen LogP contribution is 2.12. The zero-order chi connectivity index (χ0) is 8.97. The third-order valence-electron chi connectivity index (χ3n) is 1.32. The standard InChI is InChI=1S/C8H7IO3/c9-5-12-7-3-1-6(2-4-7)8(10)11/h1-4H,5H2,(H,10,11). The van der Waals surface area contributed by atoms with Crippen molar-refractivity contribution in [2.75, 3.05) is 4.61 Å². The van der Waals surface area contributed by atoms with E-state index in [-0.39, 0.29) is 5.56 Å². The van der Waals surface area contributed by atoms with Crippen LogP contribution in [0.25, 0.3) is 0 Å². The Hall–Kier alpha value is -0.780. The number of benzene rings is 1. The minimum Gasteiger partial charge on any atom is -0.483 e. The topological polar surface area (TPSA) is 46.5 Å². The van der Waals surface area contributed by atoms with Crippen LogP contribution in [0.2, 0.25) is 0 Å². The Bertz CT molecular complexity index is 268. The number of halogens is 1. The lowest BCUT2D eigenvalue weighted by molar-refractivity contribution is 0.0697. The smallest absolute Gasteiger partial charge is 0.335 e. The van der Waals surface area contributed by atoms with Gasteiger partial charge in [-0.1, -0.05) is 0 Å². The summed E-state index contributed by atoms with van der Waals surface area (Å²) in [5.41, 5.74) is 0.274. The van der Waals surface area contributed by atoms with Gasteiger partial charge >= 0.3 is 5.97 Å². The van der Waals surface area contributed by atoms with E-state index in [1.165, 1.54) is 12.1 Å². The van der Waals surface area contributed by atoms with E-state index in [9.17, 15) is 4.79 Å². The summed E-state index contributed by atoms with van der Waals surface area (Å²) in [5, 5.41) is 8.56. The molecule has 1 rings (SSSR count). The molecule has 0 fully saturated rings. The molecule has 12 heavy (non-hydrogen) atoms. The maximum atomic E-state index is 10.4.